The van der Waals surface area contributed by atoms with Crippen LogP contribution in [-0.2, 0) is 6.42 Å². The summed E-state index contributed by atoms with van der Waals surface area (Å²) in [5, 5.41) is 21.1. The van der Waals surface area contributed by atoms with E-state index in [1.807, 2.05) is 6.07 Å². The van der Waals surface area contributed by atoms with Crippen molar-refractivity contribution < 1.29 is 5.11 Å². The van der Waals surface area contributed by atoms with Crippen molar-refractivity contribution in [3.63, 3.8) is 0 Å². The molecule has 1 aliphatic rings. The number of anilines is 1. The van der Waals surface area contributed by atoms with Gasteiger partial charge in [0.25, 0.3) is 0 Å². The fourth-order valence-electron chi connectivity index (χ4n) is 2.33. The molecule has 0 saturated heterocycles. The van der Waals surface area contributed by atoms with E-state index in [4.69, 9.17) is 5.11 Å². The molecule has 1 atom stereocenters. The molecule has 0 fully saturated rings. The van der Waals surface area contributed by atoms with Crippen LogP contribution in [0.4, 0.5) is 5.69 Å². The van der Waals surface area contributed by atoms with Crippen molar-refractivity contribution in [3.05, 3.63) is 29.3 Å². The Morgan fingerprint density at radius 1 is 1.56 bits per heavy atom. The summed E-state index contributed by atoms with van der Waals surface area (Å²) in [4.78, 5) is 2.24. The molecule has 1 heterocycles. The summed E-state index contributed by atoms with van der Waals surface area (Å²) < 4.78 is 0. The molecule has 2 N–H and O–H groups in total. The Morgan fingerprint density at radius 3 is 3.11 bits per heavy atom. The van der Waals surface area contributed by atoms with Gasteiger partial charge in [-0.15, -0.1) is 0 Å². The number of rotatable bonds is 5. The zero-order chi connectivity index (χ0) is 13.0. The lowest BCUT2D eigenvalue weighted by atomic mass is 10.0. The van der Waals surface area contributed by atoms with Crippen LogP contribution in [-0.4, -0.2) is 31.9 Å². The highest BCUT2D eigenvalue weighted by Gasteiger charge is 2.18. The van der Waals surface area contributed by atoms with Crippen LogP contribution in [0.3, 0.4) is 0 Å². The molecule has 0 amide bonds. The minimum atomic E-state index is -0.284. The van der Waals surface area contributed by atoms with Crippen LogP contribution >= 0.6 is 0 Å². The van der Waals surface area contributed by atoms with E-state index in [-0.39, 0.29) is 12.6 Å². The summed E-state index contributed by atoms with van der Waals surface area (Å²) in [7, 11) is 2.09. The topological polar surface area (TPSA) is 59.3 Å². The largest absolute Gasteiger partial charge is 0.396 e. The predicted molar refractivity (Wildman–Crippen MR) is 71.5 cm³/mol. The maximum Gasteiger partial charge on any atom is 0.121 e. The molecular weight excluding hydrogens is 226 g/mol. The molecule has 0 spiro atoms. The van der Waals surface area contributed by atoms with Crippen LogP contribution in [0.1, 0.15) is 23.6 Å². The van der Waals surface area contributed by atoms with Gasteiger partial charge in [-0.25, -0.2) is 0 Å². The molecule has 0 bridgehead atoms. The highest BCUT2D eigenvalue weighted by molar-refractivity contribution is 5.59. The van der Waals surface area contributed by atoms with Crippen LogP contribution in [0.5, 0.6) is 0 Å². The molecule has 2 rings (SSSR count). The van der Waals surface area contributed by atoms with Crippen molar-refractivity contribution in [2.45, 2.75) is 18.9 Å². The van der Waals surface area contributed by atoms with E-state index in [2.05, 4.69) is 35.5 Å². The lowest BCUT2D eigenvalue weighted by molar-refractivity contribution is 0.285. The average Bonchev–Trinajstić information content (AvgIpc) is 2.76. The van der Waals surface area contributed by atoms with Crippen molar-refractivity contribution in [1.29, 1.82) is 5.26 Å². The number of likely N-dealkylation sites (N-methyl/N-ethyl adjacent to an activating group) is 1. The van der Waals surface area contributed by atoms with Gasteiger partial charge in [0.15, 0.2) is 0 Å². The highest BCUT2D eigenvalue weighted by atomic mass is 16.3. The third-order valence-corrected chi connectivity index (χ3v) is 3.38. The van der Waals surface area contributed by atoms with Gasteiger partial charge >= 0.3 is 0 Å². The Hall–Kier alpha value is -1.57. The maximum atomic E-state index is 9.19. The van der Waals surface area contributed by atoms with E-state index in [1.54, 1.807) is 0 Å². The fraction of sp³-hybridized carbons (Fsp3) is 0.500. The van der Waals surface area contributed by atoms with Crippen LogP contribution in [0, 0.1) is 11.3 Å². The van der Waals surface area contributed by atoms with E-state index in [0.29, 0.717) is 13.0 Å². The summed E-state index contributed by atoms with van der Waals surface area (Å²) >= 11 is 0. The number of hydrogen-bond acceptors (Lipinski definition) is 4. The number of nitrogens with one attached hydrogen (secondary N) is 1. The molecule has 0 saturated carbocycles. The number of nitrogens with zero attached hydrogens (tertiary/aromatic N) is 2. The monoisotopic (exact) mass is 245 g/mol. The van der Waals surface area contributed by atoms with Gasteiger partial charge in [-0.3, -0.25) is 5.32 Å². The number of aliphatic hydroxyl groups excluding tert-OH is 1. The van der Waals surface area contributed by atoms with Crippen LogP contribution in [0.15, 0.2) is 18.2 Å². The number of benzene rings is 1. The molecule has 1 aliphatic heterocycles. The normalized spacial score (nSPS) is 15.3. The second-order valence-electron chi connectivity index (χ2n) is 4.65. The second kappa shape index (κ2) is 5.85. The first-order chi connectivity index (χ1) is 8.76. The van der Waals surface area contributed by atoms with Crippen LogP contribution in [0.2, 0.25) is 0 Å². The molecular formula is C14H19N3O. The lowest BCUT2D eigenvalue weighted by Gasteiger charge is -2.15. The summed E-state index contributed by atoms with van der Waals surface area (Å²) in [6.45, 7) is 1.86. The highest BCUT2D eigenvalue weighted by Crippen LogP contribution is 2.29. The third kappa shape index (κ3) is 2.63. The maximum absolute atomic E-state index is 9.19. The SMILES string of the molecule is CN1CCc2cc(C(C#N)NCCCO)ccc21. The van der Waals surface area contributed by atoms with Crippen molar-refractivity contribution in [1.82, 2.24) is 5.32 Å². The van der Waals surface area contributed by atoms with Gasteiger partial charge < -0.3 is 10.0 Å². The summed E-state index contributed by atoms with van der Waals surface area (Å²) in [6.07, 6.45) is 1.72. The molecule has 18 heavy (non-hydrogen) atoms. The van der Waals surface area contributed by atoms with Gasteiger partial charge in [-0.1, -0.05) is 12.1 Å². The molecule has 0 aliphatic carbocycles. The average molecular weight is 245 g/mol. The van der Waals surface area contributed by atoms with Crippen LogP contribution < -0.4 is 10.2 Å². The Bertz CT molecular complexity index is 453. The van der Waals surface area contributed by atoms with Gasteiger partial charge in [0, 0.05) is 25.9 Å². The molecule has 4 heteroatoms. The first-order valence-corrected chi connectivity index (χ1v) is 6.34. The number of hydrogen-bond donors (Lipinski definition) is 2. The third-order valence-electron chi connectivity index (χ3n) is 3.38. The molecule has 96 valence electrons. The summed E-state index contributed by atoms with van der Waals surface area (Å²) in [5.74, 6) is 0. The zero-order valence-corrected chi connectivity index (χ0v) is 10.7. The van der Waals surface area contributed by atoms with E-state index < -0.39 is 0 Å². The number of nitriles is 1. The number of aliphatic hydroxyl groups is 1. The van der Waals surface area contributed by atoms with Gasteiger partial charge in [-0.2, -0.15) is 5.26 Å². The Kier molecular flexibility index (Phi) is 4.19. The van der Waals surface area contributed by atoms with E-state index in [1.165, 1.54) is 11.3 Å². The predicted octanol–water partition coefficient (Wildman–Crippen LogP) is 1.22. The summed E-state index contributed by atoms with van der Waals surface area (Å²) in [6, 6.07) is 8.22. The van der Waals surface area contributed by atoms with E-state index >= 15 is 0 Å². The van der Waals surface area contributed by atoms with Crippen LogP contribution in [0.25, 0.3) is 0 Å². The summed E-state index contributed by atoms with van der Waals surface area (Å²) in [5.41, 5.74) is 3.61. The van der Waals surface area contributed by atoms with E-state index in [0.717, 1.165) is 18.5 Å². The Balaban J connectivity index is 2.10. The molecule has 1 aromatic rings. The van der Waals surface area contributed by atoms with Crippen molar-refractivity contribution in [2.24, 2.45) is 0 Å². The Morgan fingerprint density at radius 2 is 2.39 bits per heavy atom. The molecule has 1 unspecified atom stereocenters. The smallest absolute Gasteiger partial charge is 0.121 e. The standard InChI is InChI=1S/C14H19N3O/c1-17-7-5-12-9-11(3-4-14(12)17)13(10-15)16-6-2-8-18/h3-4,9,13,16,18H,2,5-8H2,1H3. The van der Waals surface area contributed by atoms with Gasteiger partial charge in [0.05, 0.1) is 6.07 Å². The first kappa shape index (κ1) is 12.9. The fourth-order valence-corrected chi connectivity index (χ4v) is 2.33. The number of fused-ring (bicyclic) bond motifs is 1. The van der Waals surface area contributed by atoms with Gasteiger partial charge in [-0.05, 0) is 36.6 Å². The van der Waals surface area contributed by atoms with Crippen molar-refractivity contribution in [3.8, 4) is 6.07 Å². The lowest BCUT2D eigenvalue weighted by Crippen LogP contribution is -2.22. The van der Waals surface area contributed by atoms with Gasteiger partial charge in [0.2, 0.25) is 0 Å². The van der Waals surface area contributed by atoms with Gasteiger partial charge in [0.1, 0.15) is 6.04 Å². The first-order valence-electron chi connectivity index (χ1n) is 6.34. The zero-order valence-electron chi connectivity index (χ0n) is 10.7. The minimum Gasteiger partial charge on any atom is -0.396 e. The Labute approximate surface area is 108 Å². The minimum absolute atomic E-state index is 0.153. The van der Waals surface area contributed by atoms with Crippen molar-refractivity contribution >= 4 is 5.69 Å². The molecule has 4 nitrogen and oxygen atoms in total. The molecule has 0 aromatic heterocycles. The molecule has 1 aromatic carbocycles. The van der Waals surface area contributed by atoms with E-state index in [9.17, 15) is 5.26 Å². The quantitative estimate of drug-likeness (QED) is 0.766. The van der Waals surface area contributed by atoms with Crippen molar-refractivity contribution in [2.75, 3.05) is 31.6 Å². The molecule has 0 radical (unpaired) electrons. The second-order valence-corrected chi connectivity index (χ2v) is 4.65.